The first-order chi connectivity index (χ1) is 11.2. The van der Waals surface area contributed by atoms with E-state index in [0.717, 1.165) is 31.1 Å². The van der Waals surface area contributed by atoms with Crippen molar-refractivity contribution in [3.05, 3.63) is 46.4 Å². The van der Waals surface area contributed by atoms with Crippen molar-refractivity contribution in [2.45, 2.75) is 37.8 Å². The van der Waals surface area contributed by atoms with Crippen molar-refractivity contribution >= 4 is 16.7 Å². The minimum Gasteiger partial charge on any atom is -0.374 e. The normalized spacial score (nSPS) is 24.4. The third-order valence-electron chi connectivity index (χ3n) is 4.98. The molecule has 2 aliphatic rings. The predicted molar refractivity (Wildman–Crippen MR) is 87.6 cm³/mol. The zero-order valence-electron chi connectivity index (χ0n) is 13.0. The Bertz CT molecular complexity index is 796. The number of hydrogen-bond donors (Lipinski definition) is 1. The van der Waals surface area contributed by atoms with Crippen LogP contribution in [0.1, 0.15) is 36.2 Å². The van der Waals surface area contributed by atoms with Crippen LogP contribution in [0, 0.1) is 0 Å². The molecule has 0 radical (unpaired) electrons. The second kappa shape index (κ2) is 5.81. The van der Waals surface area contributed by atoms with Gasteiger partial charge in [-0.05, 0) is 30.4 Å². The Morgan fingerprint density at radius 3 is 2.96 bits per heavy atom. The van der Waals surface area contributed by atoms with E-state index in [1.54, 1.807) is 12.1 Å². The van der Waals surface area contributed by atoms with E-state index in [1.807, 2.05) is 23.1 Å². The molecule has 0 unspecified atom stereocenters. The van der Waals surface area contributed by atoms with Gasteiger partial charge in [0.25, 0.3) is 11.5 Å². The number of carbonyl (C=O) groups is 1. The predicted octanol–water partition coefficient (Wildman–Crippen LogP) is 2.31. The van der Waals surface area contributed by atoms with E-state index >= 15 is 0 Å². The summed E-state index contributed by atoms with van der Waals surface area (Å²) in [5.74, 6) is -0.0898. The van der Waals surface area contributed by atoms with Gasteiger partial charge in [-0.3, -0.25) is 9.59 Å². The number of nitrogens with one attached hydrogen (secondary N) is 1. The molecule has 0 bridgehead atoms. The van der Waals surface area contributed by atoms with Gasteiger partial charge in [-0.1, -0.05) is 31.0 Å². The van der Waals surface area contributed by atoms with Crippen LogP contribution in [-0.2, 0) is 4.74 Å². The molecule has 2 atom stereocenters. The fourth-order valence-corrected chi connectivity index (χ4v) is 3.83. The lowest BCUT2D eigenvalue weighted by molar-refractivity contribution is -0.0754. The number of carbonyl (C=O) groups excluding carboxylic acids is 1. The van der Waals surface area contributed by atoms with Gasteiger partial charge in [0.2, 0.25) is 0 Å². The van der Waals surface area contributed by atoms with Gasteiger partial charge in [-0.15, -0.1) is 0 Å². The van der Waals surface area contributed by atoms with Crippen LogP contribution >= 0.6 is 0 Å². The number of nitrogens with zero attached hydrogens (tertiary/aromatic N) is 1. The van der Waals surface area contributed by atoms with Crippen molar-refractivity contribution in [3.8, 4) is 0 Å². The van der Waals surface area contributed by atoms with Gasteiger partial charge in [0.15, 0.2) is 0 Å². The average molecular weight is 312 g/mol. The molecule has 23 heavy (non-hydrogen) atoms. The molecule has 2 fully saturated rings. The maximum absolute atomic E-state index is 13.0. The number of ether oxygens (including phenoxy) is 1. The molecule has 1 aliphatic carbocycles. The summed E-state index contributed by atoms with van der Waals surface area (Å²) < 4.78 is 5.83. The standard InChI is InChI=1S/C18H20N2O3/c21-17-13-6-2-1-5-12(13)11-14(19-17)18(22)20-9-10-23-16-8-4-3-7-15(16)20/h1-2,5-6,11,15-16H,3-4,7-10H2,(H,19,21)/t15-,16+/m0/s1. The molecule has 1 aliphatic heterocycles. The quantitative estimate of drug-likeness (QED) is 0.879. The monoisotopic (exact) mass is 312 g/mol. The number of amides is 1. The molecule has 2 heterocycles. The first-order valence-electron chi connectivity index (χ1n) is 8.29. The van der Waals surface area contributed by atoms with Crippen molar-refractivity contribution in [3.63, 3.8) is 0 Å². The molecule has 1 saturated carbocycles. The number of fused-ring (bicyclic) bond motifs is 2. The van der Waals surface area contributed by atoms with Gasteiger partial charge in [-0.2, -0.15) is 0 Å². The number of aromatic amines is 1. The molecule has 1 aromatic carbocycles. The molecule has 5 heteroatoms. The fraction of sp³-hybridized carbons (Fsp3) is 0.444. The molecule has 2 aromatic rings. The van der Waals surface area contributed by atoms with Crippen molar-refractivity contribution in [2.75, 3.05) is 13.2 Å². The van der Waals surface area contributed by atoms with Crippen molar-refractivity contribution in [2.24, 2.45) is 0 Å². The van der Waals surface area contributed by atoms with Gasteiger partial charge in [0.05, 0.1) is 18.8 Å². The van der Waals surface area contributed by atoms with E-state index in [9.17, 15) is 9.59 Å². The maximum atomic E-state index is 13.0. The lowest BCUT2D eigenvalue weighted by atomic mass is 9.90. The highest BCUT2D eigenvalue weighted by atomic mass is 16.5. The molecule has 1 N–H and O–H groups in total. The summed E-state index contributed by atoms with van der Waals surface area (Å²) in [6.07, 6.45) is 4.43. The van der Waals surface area contributed by atoms with E-state index in [0.29, 0.717) is 24.2 Å². The first-order valence-corrected chi connectivity index (χ1v) is 8.29. The summed E-state index contributed by atoms with van der Waals surface area (Å²) in [4.78, 5) is 29.8. The third kappa shape index (κ3) is 2.55. The average Bonchev–Trinajstić information content (AvgIpc) is 2.60. The highest BCUT2D eigenvalue weighted by Gasteiger charge is 2.37. The van der Waals surface area contributed by atoms with E-state index in [4.69, 9.17) is 4.74 Å². The second-order valence-electron chi connectivity index (χ2n) is 6.36. The van der Waals surface area contributed by atoms with Gasteiger partial charge < -0.3 is 14.6 Å². The minimum absolute atomic E-state index is 0.0898. The molecule has 5 nitrogen and oxygen atoms in total. The number of hydrogen-bond acceptors (Lipinski definition) is 3. The van der Waals surface area contributed by atoms with Crippen molar-refractivity contribution in [1.82, 2.24) is 9.88 Å². The molecule has 1 aromatic heterocycles. The Morgan fingerprint density at radius 1 is 1.22 bits per heavy atom. The summed E-state index contributed by atoms with van der Waals surface area (Å²) in [6.45, 7) is 1.17. The van der Waals surface area contributed by atoms with Crippen LogP contribution in [0.5, 0.6) is 0 Å². The van der Waals surface area contributed by atoms with Gasteiger partial charge in [0.1, 0.15) is 5.69 Å². The number of H-pyrrole nitrogens is 1. The molecular formula is C18H20N2O3. The molecular weight excluding hydrogens is 292 g/mol. The lowest BCUT2D eigenvalue weighted by Gasteiger charge is -2.43. The number of rotatable bonds is 1. The summed E-state index contributed by atoms with van der Waals surface area (Å²) >= 11 is 0. The Kier molecular flexibility index (Phi) is 3.65. The smallest absolute Gasteiger partial charge is 0.270 e. The Labute approximate surface area is 134 Å². The summed E-state index contributed by atoms with van der Waals surface area (Å²) in [5, 5.41) is 1.41. The summed E-state index contributed by atoms with van der Waals surface area (Å²) in [5.41, 5.74) is 0.167. The zero-order chi connectivity index (χ0) is 15.8. The molecule has 1 amide bonds. The number of pyridine rings is 1. The zero-order valence-corrected chi connectivity index (χ0v) is 13.0. The Hall–Kier alpha value is -2.14. The fourth-order valence-electron chi connectivity index (χ4n) is 3.83. The van der Waals surface area contributed by atoms with Crippen LogP contribution in [0.4, 0.5) is 0 Å². The van der Waals surface area contributed by atoms with E-state index < -0.39 is 0 Å². The van der Waals surface area contributed by atoms with Crippen molar-refractivity contribution in [1.29, 1.82) is 0 Å². The first kappa shape index (κ1) is 14.5. The molecule has 1 saturated heterocycles. The largest absolute Gasteiger partial charge is 0.374 e. The number of aromatic nitrogens is 1. The Balaban J connectivity index is 1.69. The van der Waals surface area contributed by atoms with Gasteiger partial charge in [-0.25, -0.2) is 0 Å². The minimum atomic E-state index is -0.208. The van der Waals surface area contributed by atoms with Crippen LogP contribution in [0.15, 0.2) is 35.1 Å². The highest BCUT2D eigenvalue weighted by molar-refractivity contribution is 5.96. The molecule has 0 spiro atoms. The SMILES string of the molecule is O=C(c1cc2ccccc2c(=O)[nH]1)N1CCO[C@@H]2CCCC[C@@H]21. The molecule has 4 rings (SSSR count). The van der Waals surface area contributed by atoms with Crippen LogP contribution in [0.3, 0.4) is 0 Å². The van der Waals surface area contributed by atoms with Gasteiger partial charge in [0, 0.05) is 11.9 Å². The maximum Gasteiger partial charge on any atom is 0.270 e. The molecule has 120 valence electrons. The summed E-state index contributed by atoms with van der Waals surface area (Å²) in [6, 6.07) is 9.26. The van der Waals surface area contributed by atoms with Gasteiger partial charge >= 0.3 is 0 Å². The van der Waals surface area contributed by atoms with Crippen LogP contribution in [0.2, 0.25) is 0 Å². The van der Waals surface area contributed by atoms with Crippen LogP contribution in [0.25, 0.3) is 10.8 Å². The van der Waals surface area contributed by atoms with E-state index in [1.165, 1.54) is 0 Å². The second-order valence-corrected chi connectivity index (χ2v) is 6.36. The third-order valence-corrected chi connectivity index (χ3v) is 4.98. The Morgan fingerprint density at radius 2 is 2.04 bits per heavy atom. The van der Waals surface area contributed by atoms with Crippen LogP contribution in [-0.4, -0.2) is 41.1 Å². The highest BCUT2D eigenvalue weighted by Crippen LogP contribution is 2.29. The topological polar surface area (TPSA) is 62.4 Å². The van der Waals surface area contributed by atoms with E-state index in [2.05, 4.69) is 4.98 Å². The number of morpholine rings is 1. The van der Waals surface area contributed by atoms with E-state index in [-0.39, 0.29) is 23.6 Å². The lowest BCUT2D eigenvalue weighted by Crippen LogP contribution is -2.55. The van der Waals surface area contributed by atoms with Crippen molar-refractivity contribution < 1.29 is 9.53 Å². The summed E-state index contributed by atoms with van der Waals surface area (Å²) in [7, 11) is 0. The number of benzene rings is 1. The van der Waals surface area contributed by atoms with Crippen LogP contribution < -0.4 is 5.56 Å².